The molecule has 0 saturated heterocycles. The molecule has 0 aliphatic heterocycles. The molecule has 0 amide bonds. The van der Waals surface area contributed by atoms with Crippen molar-refractivity contribution in [3.8, 4) is 22.4 Å². The Morgan fingerprint density at radius 3 is 2.62 bits per heavy atom. The van der Waals surface area contributed by atoms with Gasteiger partial charge in [-0.05, 0) is 35.9 Å². The van der Waals surface area contributed by atoms with Crippen LogP contribution in [0, 0.1) is 5.82 Å². The predicted molar refractivity (Wildman–Crippen MR) is 81.8 cm³/mol. The van der Waals surface area contributed by atoms with Gasteiger partial charge in [-0.1, -0.05) is 40.5 Å². The third-order valence-electron chi connectivity index (χ3n) is 3.02. The highest BCUT2D eigenvalue weighted by Gasteiger charge is 2.19. The van der Waals surface area contributed by atoms with Gasteiger partial charge in [-0.3, -0.25) is 0 Å². The fourth-order valence-corrected chi connectivity index (χ4v) is 2.54. The molecule has 0 saturated carbocycles. The molecule has 0 atom stereocenters. The number of anilines is 1. The number of aromatic nitrogens is 1. The lowest BCUT2D eigenvalue weighted by Crippen LogP contribution is -1.89. The number of halogens is 3. The fourth-order valence-electron chi connectivity index (χ4n) is 2.09. The van der Waals surface area contributed by atoms with Crippen molar-refractivity contribution in [3.05, 3.63) is 58.3 Å². The maximum absolute atomic E-state index is 13.2. The molecule has 1 heterocycles. The van der Waals surface area contributed by atoms with Gasteiger partial charge in [0.25, 0.3) is 0 Å². The zero-order chi connectivity index (χ0) is 15.0. The van der Waals surface area contributed by atoms with Crippen molar-refractivity contribution in [2.75, 3.05) is 5.73 Å². The maximum Gasteiger partial charge on any atom is 0.230 e. The van der Waals surface area contributed by atoms with Crippen LogP contribution in [0.25, 0.3) is 22.4 Å². The second kappa shape index (κ2) is 5.39. The Hall–Kier alpha value is -2.04. The number of nitrogen functional groups attached to an aromatic ring is 1. The third-order valence-corrected chi connectivity index (χ3v) is 3.57. The minimum absolute atomic E-state index is 0.146. The van der Waals surface area contributed by atoms with Crippen LogP contribution >= 0.6 is 23.2 Å². The number of benzene rings is 2. The van der Waals surface area contributed by atoms with Crippen LogP contribution in [0.15, 0.2) is 47.0 Å². The Bertz CT molecular complexity index is 817. The minimum Gasteiger partial charge on any atom is -0.367 e. The van der Waals surface area contributed by atoms with E-state index in [1.807, 2.05) is 6.07 Å². The van der Waals surface area contributed by atoms with Gasteiger partial charge in [0.05, 0.1) is 10.6 Å². The topological polar surface area (TPSA) is 52.0 Å². The first-order valence-corrected chi connectivity index (χ1v) is 6.78. The lowest BCUT2D eigenvalue weighted by Gasteiger charge is -2.05. The van der Waals surface area contributed by atoms with Crippen LogP contribution in [0.3, 0.4) is 0 Å². The summed E-state index contributed by atoms with van der Waals surface area (Å²) in [4.78, 5) is 0. The number of rotatable bonds is 2. The molecule has 3 nitrogen and oxygen atoms in total. The van der Waals surface area contributed by atoms with Crippen molar-refractivity contribution >= 4 is 29.1 Å². The molecule has 0 spiro atoms. The van der Waals surface area contributed by atoms with E-state index in [2.05, 4.69) is 5.16 Å². The lowest BCUT2D eigenvalue weighted by atomic mass is 10.0. The van der Waals surface area contributed by atoms with Gasteiger partial charge >= 0.3 is 0 Å². The van der Waals surface area contributed by atoms with Gasteiger partial charge in [0.1, 0.15) is 11.5 Å². The summed E-state index contributed by atoms with van der Waals surface area (Å²) in [5, 5.41) is 4.72. The molecular weight excluding hydrogens is 314 g/mol. The second-order valence-electron chi connectivity index (χ2n) is 4.40. The molecule has 0 unspecified atom stereocenters. The van der Waals surface area contributed by atoms with Crippen molar-refractivity contribution in [1.29, 1.82) is 0 Å². The molecule has 0 aliphatic rings. The van der Waals surface area contributed by atoms with Gasteiger partial charge in [0.2, 0.25) is 5.88 Å². The van der Waals surface area contributed by atoms with E-state index in [0.29, 0.717) is 21.8 Å². The molecule has 6 heteroatoms. The molecule has 3 aromatic rings. The van der Waals surface area contributed by atoms with Gasteiger partial charge in [0.15, 0.2) is 0 Å². The second-order valence-corrected chi connectivity index (χ2v) is 5.25. The fraction of sp³-hybridized carbons (Fsp3) is 0. The summed E-state index contributed by atoms with van der Waals surface area (Å²) in [7, 11) is 0. The van der Waals surface area contributed by atoms with Crippen LogP contribution in [0.2, 0.25) is 10.0 Å². The number of hydrogen-bond donors (Lipinski definition) is 1. The van der Waals surface area contributed by atoms with E-state index in [1.165, 1.54) is 18.2 Å². The van der Waals surface area contributed by atoms with Crippen LogP contribution in [-0.4, -0.2) is 5.16 Å². The lowest BCUT2D eigenvalue weighted by molar-refractivity contribution is 0.439. The first-order chi connectivity index (χ1) is 10.1. The summed E-state index contributed by atoms with van der Waals surface area (Å²) in [6.45, 7) is 0. The zero-order valence-electron chi connectivity index (χ0n) is 10.6. The summed E-state index contributed by atoms with van der Waals surface area (Å²) in [6.07, 6.45) is 0. The molecule has 1 aromatic heterocycles. The van der Waals surface area contributed by atoms with Crippen LogP contribution in [0.1, 0.15) is 0 Å². The highest BCUT2D eigenvalue weighted by Crippen LogP contribution is 2.39. The summed E-state index contributed by atoms with van der Waals surface area (Å²) in [5.41, 5.74) is 8.15. The summed E-state index contributed by atoms with van der Waals surface area (Å²) >= 11 is 12.1. The molecular formula is C15H9Cl2FN2O. The minimum atomic E-state index is -0.426. The summed E-state index contributed by atoms with van der Waals surface area (Å²) in [6, 6.07) is 11.2. The average molecular weight is 323 g/mol. The Balaban J connectivity index is 2.22. The molecule has 2 N–H and O–H groups in total. The Labute approximate surface area is 130 Å². The van der Waals surface area contributed by atoms with Crippen molar-refractivity contribution in [2.24, 2.45) is 0 Å². The molecule has 106 valence electrons. The predicted octanol–water partition coefficient (Wildman–Crippen LogP) is 5.04. The Kier molecular flexibility index (Phi) is 3.57. The van der Waals surface area contributed by atoms with Gasteiger partial charge in [-0.25, -0.2) is 4.39 Å². The molecule has 21 heavy (non-hydrogen) atoms. The highest BCUT2D eigenvalue weighted by molar-refractivity contribution is 6.33. The molecule has 3 rings (SSSR count). The van der Waals surface area contributed by atoms with E-state index in [0.717, 1.165) is 5.56 Å². The molecule has 2 aromatic carbocycles. The van der Waals surface area contributed by atoms with E-state index in [-0.39, 0.29) is 10.9 Å². The van der Waals surface area contributed by atoms with Crippen LogP contribution < -0.4 is 5.73 Å². The molecule has 0 radical (unpaired) electrons. The van der Waals surface area contributed by atoms with Crippen LogP contribution in [0.4, 0.5) is 10.3 Å². The Morgan fingerprint density at radius 2 is 1.90 bits per heavy atom. The Morgan fingerprint density at radius 1 is 1.10 bits per heavy atom. The quantitative estimate of drug-likeness (QED) is 0.719. The van der Waals surface area contributed by atoms with Crippen molar-refractivity contribution in [2.45, 2.75) is 0 Å². The van der Waals surface area contributed by atoms with Crippen molar-refractivity contribution in [3.63, 3.8) is 0 Å². The first-order valence-electron chi connectivity index (χ1n) is 6.03. The van der Waals surface area contributed by atoms with E-state index in [9.17, 15) is 4.39 Å². The van der Waals surface area contributed by atoms with Gasteiger partial charge in [0, 0.05) is 10.6 Å². The standard InChI is InChI=1S/C15H9Cl2FN2O/c16-9-3-1-2-8(6-9)13-14(20-21-15(13)19)11-5-4-10(18)7-12(11)17/h1-7H,19H2. The third kappa shape index (κ3) is 2.60. The zero-order valence-corrected chi connectivity index (χ0v) is 12.1. The maximum atomic E-state index is 13.2. The van der Waals surface area contributed by atoms with Crippen molar-refractivity contribution < 1.29 is 8.91 Å². The normalized spacial score (nSPS) is 10.8. The number of nitrogens with zero attached hydrogens (tertiary/aromatic N) is 1. The number of nitrogens with two attached hydrogens (primary N) is 1. The van der Waals surface area contributed by atoms with E-state index < -0.39 is 5.82 Å². The largest absolute Gasteiger partial charge is 0.367 e. The smallest absolute Gasteiger partial charge is 0.230 e. The molecule has 0 aliphatic carbocycles. The van der Waals surface area contributed by atoms with Crippen LogP contribution in [-0.2, 0) is 0 Å². The average Bonchev–Trinajstić information content (AvgIpc) is 2.80. The van der Waals surface area contributed by atoms with Gasteiger partial charge < -0.3 is 10.3 Å². The van der Waals surface area contributed by atoms with Crippen molar-refractivity contribution in [1.82, 2.24) is 5.16 Å². The highest BCUT2D eigenvalue weighted by atomic mass is 35.5. The monoisotopic (exact) mass is 322 g/mol. The summed E-state index contributed by atoms with van der Waals surface area (Å²) < 4.78 is 18.2. The van der Waals surface area contributed by atoms with E-state index >= 15 is 0 Å². The van der Waals surface area contributed by atoms with Gasteiger partial charge in [-0.2, -0.15) is 0 Å². The SMILES string of the molecule is Nc1onc(-c2ccc(F)cc2Cl)c1-c1cccc(Cl)c1. The van der Waals surface area contributed by atoms with E-state index in [1.54, 1.807) is 18.2 Å². The summed E-state index contributed by atoms with van der Waals surface area (Å²) in [5.74, 6) is -0.280. The molecule has 0 fully saturated rings. The molecule has 0 bridgehead atoms. The van der Waals surface area contributed by atoms with Gasteiger partial charge in [-0.15, -0.1) is 0 Å². The van der Waals surface area contributed by atoms with E-state index in [4.69, 9.17) is 33.5 Å². The first kappa shape index (κ1) is 13.9. The number of hydrogen-bond acceptors (Lipinski definition) is 3. The van der Waals surface area contributed by atoms with Crippen LogP contribution in [0.5, 0.6) is 0 Å².